The van der Waals surface area contributed by atoms with Gasteiger partial charge in [-0.3, -0.25) is 0 Å². The van der Waals surface area contributed by atoms with Crippen LogP contribution in [0.15, 0.2) is 0 Å². The number of methoxy groups -OCH3 is 1. The lowest BCUT2D eigenvalue weighted by atomic mass is 9.89. The van der Waals surface area contributed by atoms with Crippen LogP contribution in [0.25, 0.3) is 0 Å². The third-order valence-electron chi connectivity index (χ3n) is 5.22. The molecule has 22 heavy (non-hydrogen) atoms. The Hall–Kier alpha value is -0.810. The lowest BCUT2D eigenvalue weighted by Crippen LogP contribution is -2.52. The number of carbonyl (C=O) groups is 1. The van der Waals surface area contributed by atoms with Gasteiger partial charge in [0.1, 0.15) is 0 Å². The number of ether oxygens (including phenoxy) is 2. The molecular formula is C17H32N2O3. The Morgan fingerprint density at radius 3 is 2.82 bits per heavy atom. The van der Waals surface area contributed by atoms with E-state index in [4.69, 9.17) is 9.47 Å². The minimum atomic E-state index is 0.0666. The molecule has 2 aliphatic heterocycles. The van der Waals surface area contributed by atoms with E-state index in [-0.39, 0.29) is 18.2 Å². The number of nitrogens with one attached hydrogen (secondary N) is 1. The lowest BCUT2D eigenvalue weighted by Gasteiger charge is -2.37. The number of urea groups is 1. The van der Waals surface area contributed by atoms with Gasteiger partial charge in [-0.1, -0.05) is 26.7 Å². The minimum absolute atomic E-state index is 0.0666. The Kier molecular flexibility index (Phi) is 6.96. The first-order valence-corrected chi connectivity index (χ1v) is 8.87. The fourth-order valence-corrected chi connectivity index (χ4v) is 3.68. The van der Waals surface area contributed by atoms with Gasteiger partial charge in [0.15, 0.2) is 0 Å². The highest BCUT2D eigenvalue weighted by Gasteiger charge is 2.30. The van der Waals surface area contributed by atoms with Crippen LogP contribution in [0.5, 0.6) is 0 Å². The summed E-state index contributed by atoms with van der Waals surface area (Å²) in [5.74, 6) is 0.604. The molecule has 0 aromatic carbocycles. The number of hydrogen-bond acceptors (Lipinski definition) is 3. The van der Waals surface area contributed by atoms with Crippen molar-refractivity contribution in [3.63, 3.8) is 0 Å². The molecule has 5 heteroatoms. The molecule has 2 rings (SSSR count). The van der Waals surface area contributed by atoms with Crippen LogP contribution in [-0.4, -0.2) is 56.0 Å². The highest BCUT2D eigenvalue weighted by Crippen LogP contribution is 2.25. The number of nitrogens with zero attached hydrogens (tertiary/aromatic N) is 1. The second-order valence-electron chi connectivity index (χ2n) is 6.60. The number of rotatable bonds is 5. The molecule has 0 spiro atoms. The molecule has 0 radical (unpaired) electrons. The number of carbonyl (C=O) groups excluding carboxylic acids is 1. The number of hydrogen-bond donors (Lipinski definition) is 1. The first-order chi connectivity index (χ1) is 10.7. The smallest absolute Gasteiger partial charge is 0.317 e. The van der Waals surface area contributed by atoms with Gasteiger partial charge in [-0.15, -0.1) is 0 Å². The lowest BCUT2D eigenvalue weighted by molar-refractivity contribution is -0.0341. The molecule has 0 bridgehead atoms. The molecule has 0 aromatic rings. The van der Waals surface area contributed by atoms with Gasteiger partial charge in [0.05, 0.1) is 12.2 Å². The van der Waals surface area contributed by atoms with Crippen molar-refractivity contribution < 1.29 is 14.3 Å². The molecular weight excluding hydrogens is 280 g/mol. The van der Waals surface area contributed by atoms with Gasteiger partial charge in [0.2, 0.25) is 0 Å². The average Bonchev–Trinajstić information content (AvgIpc) is 2.56. The number of amides is 2. The number of likely N-dealkylation sites (tertiary alicyclic amines) is 1. The van der Waals surface area contributed by atoms with Crippen LogP contribution in [0.1, 0.15) is 52.4 Å². The highest BCUT2D eigenvalue weighted by atomic mass is 16.5. The van der Waals surface area contributed by atoms with Gasteiger partial charge >= 0.3 is 6.03 Å². The average molecular weight is 312 g/mol. The summed E-state index contributed by atoms with van der Waals surface area (Å²) in [4.78, 5) is 14.4. The van der Waals surface area contributed by atoms with Gasteiger partial charge < -0.3 is 19.7 Å². The summed E-state index contributed by atoms with van der Waals surface area (Å²) in [5.41, 5.74) is 0. The van der Waals surface area contributed by atoms with Gasteiger partial charge in [-0.25, -0.2) is 4.79 Å². The summed E-state index contributed by atoms with van der Waals surface area (Å²) in [6.07, 6.45) is 6.70. The standard InChI is InChI=1S/C17H32N2O3/c1-4-13(5-2)16-11-14(8-10-22-16)18-17(20)19-9-6-7-15(12-19)21-3/h13-16H,4-12H2,1-3H3,(H,18,20)/t14-,15-,16+/m1/s1. The van der Waals surface area contributed by atoms with E-state index in [1.165, 1.54) is 0 Å². The first kappa shape index (κ1) is 17.5. The fraction of sp³-hybridized carbons (Fsp3) is 0.941. The SMILES string of the molecule is CCC(CC)[C@@H]1C[C@H](NC(=O)N2CCC[C@@H](OC)C2)CCO1. The van der Waals surface area contributed by atoms with Crippen LogP contribution in [-0.2, 0) is 9.47 Å². The fourth-order valence-electron chi connectivity index (χ4n) is 3.68. The van der Waals surface area contributed by atoms with E-state index in [2.05, 4.69) is 19.2 Å². The molecule has 128 valence electrons. The second-order valence-corrected chi connectivity index (χ2v) is 6.60. The topological polar surface area (TPSA) is 50.8 Å². The maximum atomic E-state index is 12.5. The third-order valence-corrected chi connectivity index (χ3v) is 5.22. The normalized spacial score (nSPS) is 29.6. The molecule has 2 amide bonds. The van der Waals surface area contributed by atoms with Crippen molar-refractivity contribution in [2.24, 2.45) is 5.92 Å². The molecule has 0 unspecified atom stereocenters. The van der Waals surface area contributed by atoms with Crippen LogP contribution in [0.3, 0.4) is 0 Å². The summed E-state index contributed by atoms with van der Waals surface area (Å²) in [6.45, 7) is 6.75. The van der Waals surface area contributed by atoms with Gasteiger partial charge in [-0.05, 0) is 31.6 Å². The second kappa shape index (κ2) is 8.73. The van der Waals surface area contributed by atoms with E-state index in [0.717, 1.165) is 51.7 Å². The Morgan fingerprint density at radius 1 is 1.36 bits per heavy atom. The Morgan fingerprint density at radius 2 is 2.14 bits per heavy atom. The molecule has 0 aromatic heterocycles. The monoisotopic (exact) mass is 312 g/mol. The minimum Gasteiger partial charge on any atom is -0.380 e. The molecule has 1 N–H and O–H groups in total. The van der Waals surface area contributed by atoms with Crippen molar-refractivity contribution >= 4 is 6.03 Å². The Bertz CT molecular complexity index is 347. The van der Waals surface area contributed by atoms with Crippen molar-refractivity contribution in [3.05, 3.63) is 0 Å². The van der Waals surface area contributed by atoms with E-state index in [9.17, 15) is 4.79 Å². The molecule has 5 nitrogen and oxygen atoms in total. The van der Waals surface area contributed by atoms with Crippen molar-refractivity contribution in [2.45, 2.75) is 70.6 Å². The molecule has 3 atom stereocenters. The van der Waals surface area contributed by atoms with Crippen LogP contribution < -0.4 is 5.32 Å². The van der Waals surface area contributed by atoms with Gasteiger partial charge in [0, 0.05) is 32.8 Å². The summed E-state index contributed by atoms with van der Waals surface area (Å²) < 4.78 is 11.3. The molecule has 0 aliphatic carbocycles. The zero-order valence-corrected chi connectivity index (χ0v) is 14.3. The Balaban J connectivity index is 1.83. The maximum absolute atomic E-state index is 12.5. The number of piperidine rings is 1. The zero-order chi connectivity index (χ0) is 15.9. The largest absolute Gasteiger partial charge is 0.380 e. The van der Waals surface area contributed by atoms with Crippen LogP contribution in [0, 0.1) is 5.92 Å². The van der Waals surface area contributed by atoms with E-state index < -0.39 is 0 Å². The summed E-state index contributed by atoms with van der Waals surface area (Å²) in [6, 6.07) is 0.312. The third kappa shape index (κ3) is 4.59. The van der Waals surface area contributed by atoms with Crippen molar-refractivity contribution in [1.82, 2.24) is 10.2 Å². The van der Waals surface area contributed by atoms with Crippen molar-refractivity contribution in [1.29, 1.82) is 0 Å². The van der Waals surface area contributed by atoms with Gasteiger partial charge in [0.25, 0.3) is 0 Å². The van der Waals surface area contributed by atoms with E-state index in [1.54, 1.807) is 7.11 Å². The molecule has 0 saturated carbocycles. The van der Waals surface area contributed by atoms with E-state index in [0.29, 0.717) is 18.6 Å². The summed E-state index contributed by atoms with van der Waals surface area (Å²) in [5, 5.41) is 3.22. The predicted octanol–water partition coefficient (Wildman–Crippen LogP) is 2.79. The highest BCUT2D eigenvalue weighted by molar-refractivity contribution is 5.74. The van der Waals surface area contributed by atoms with Crippen molar-refractivity contribution in [3.8, 4) is 0 Å². The summed E-state index contributed by atoms with van der Waals surface area (Å²) >= 11 is 0. The molecule has 2 aliphatic rings. The predicted molar refractivity (Wildman–Crippen MR) is 87.0 cm³/mol. The first-order valence-electron chi connectivity index (χ1n) is 8.87. The maximum Gasteiger partial charge on any atom is 0.317 e. The van der Waals surface area contributed by atoms with Crippen LogP contribution >= 0.6 is 0 Å². The van der Waals surface area contributed by atoms with E-state index >= 15 is 0 Å². The van der Waals surface area contributed by atoms with E-state index in [1.807, 2.05) is 4.90 Å². The molecule has 2 heterocycles. The quantitative estimate of drug-likeness (QED) is 0.849. The molecule has 2 fully saturated rings. The summed E-state index contributed by atoms with van der Waals surface area (Å²) in [7, 11) is 1.73. The molecule has 2 saturated heterocycles. The zero-order valence-electron chi connectivity index (χ0n) is 14.3. The van der Waals surface area contributed by atoms with Gasteiger partial charge in [-0.2, -0.15) is 0 Å². The van der Waals surface area contributed by atoms with Crippen molar-refractivity contribution in [2.75, 3.05) is 26.8 Å². The Labute approximate surface area is 134 Å². The van der Waals surface area contributed by atoms with Crippen LogP contribution in [0.4, 0.5) is 4.79 Å². The van der Waals surface area contributed by atoms with Crippen LogP contribution in [0.2, 0.25) is 0 Å².